The number of aliphatic hydroxyl groups excluding tert-OH is 2. The Kier molecular flexibility index (Phi) is 13.2. The Hall–Kier alpha value is -2.35. The van der Waals surface area contributed by atoms with Crippen LogP contribution in [0.4, 0.5) is 0 Å². The average molecular weight is 611 g/mol. The highest BCUT2D eigenvalue weighted by Gasteiger charge is 2.48. The fourth-order valence-corrected chi connectivity index (χ4v) is 8.25. The maximum absolute atomic E-state index is 12.5. The van der Waals surface area contributed by atoms with Crippen molar-refractivity contribution in [3.8, 4) is 17.0 Å². The number of aliphatic carboxylic acids is 1. The van der Waals surface area contributed by atoms with Crippen molar-refractivity contribution in [3.63, 3.8) is 0 Å². The van der Waals surface area contributed by atoms with Crippen LogP contribution in [0.1, 0.15) is 134 Å². The van der Waals surface area contributed by atoms with Gasteiger partial charge in [-0.25, -0.2) is 0 Å². The molecule has 2 saturated carbocycles. The van der Waals surface area contributed by atoms with Crippen LogP contribution in [0.15, 0.2) is 36.4 Å². The first kappa shape index (κ1) is 34.5. The number of nitrogens with one attached hydrogen (secondary N) is 1. The molecule has 0 radical (unpaired) electrons. The largest absolute Gasteiger partial charge is 0.872 e. The molecule has 1 heterocycles. The number of aromatic nitrogens is 1. The number of carboxylic acids is 1. The Morgan fingerprint density at radius 3 is 2.45 bits per heavy atom. The minimum atomic E-state index is -0.981. The first-order valence-corrected chi connectivity index (χ1v) is 17.5. The summed E-state index contributed by atoms with van der Waals surface area (Å²) < 4.78 is 0. The van der Waals surface area contributed by atoms with Gasteiger partial charge in [0, 0.05) is 17.3 Å². The smallest absolute Gasteiger partial charge is 0.309 e. The lowest BCUT2D eigenvalue weighted by Crippen LogP contribution is -2.42. The van der Waals surface area contributed by atoms with Crippen molar-refractivity contribution in [2.75, 3.05) is 0 Å². The zero-order valence-electron chi connectivity index (χ0n) is 26.8. The van der Waals surface area contributed by atoms with Crippen LogP contribution in [-0.2, 0) is 4.79 Å². The van der Waals surface area contributed by atoms with Crippen LogP contribution in [0.2, 0.25) is 0 Å². The number of aliphatic hydroxyl groups is 3. The highest BCUT2D eigenvalue weighted by Crippen LogP contribution is 2.50. The van der Waals surface area contributed by atoms with Gasteiger partial charge in [-0.15, -0.1) is 5.75 Å². The molecule has 1 aromatic carbocycles. The number of carboxylic acid groups (broad SMARTS) is 1. The van der Waals surface area contributed by atoms with Crippen LogP contribution in [0.25, 0.3) is 11.3 Å². The lowest BCUT2D eigenvalue weighted by molar-refractivity contribution is -0.268. The number of benzene rings is 1. The SMILES string of the molecule is CCCCCCCC(O)CCCCCC1CCC(c2ccc(-c3cccc([O-])c3)[nH]2)C2CCCC2(O)CCC(O)C1C(=O)O. The van der Waals surface area contributed by atoms with Gasteiger partial charge in [0.25, 0.3) is 0 Å². The standard InChI is InChI=1S/C37H57NO6/c1-2-3-4-5-8-14-28(39)15-9-6-7-12-26-18-19-30(33-21-20-32(38-33)27-13-10-16-29(40)25-27)31-17-11-23-37(31,44)24-22-34(41)35(26)36(42)43/h10,13,16,20-21,25-26,28,30-31,34-35,38-41,44H,2-9,11-12,14-15,17-19,22-24H2,1H3,(H,42,43)/p-1. The van der Waals surface area contributed by atoms with Crippen LogP contribution in [-0.4, -0.2) is 49.2 Å². The molecule has 7 unspecified atom stereocenters. The molecule has 0 bridgehead atoms. The zero-order chi connectivity index (χ0) is 31.5. The van der Waals surface area contributed by atoms with Crippen LogP contribution in [0.5, 0.6) is 5.75 Å². The summed E-state index contributed by atoms with van der Waals surface area (Å²) >= 11 is 0. The van der Waals surface area contributed by atoms with Crippen LogP contribution in [0.3, 0.4) is 0 Å². The minimum Gasteiger partial charge on any atom is -0.872 e. The Morgan fingerprint density at radius 2 is 1.73 bits per heavy atom. The molecule has 4 rings (SSSR count). The third-order valence-electron chi connectivity index (χ3n) is 10.7. The van der Waals surface area contributed by atoms with Crippen molar-refractivity contribution >= 4 is 5.97 Å². The van der Waals surface area contributed by atoms with E-state index in [9.17, 15) is 30.3 Å². The van der Waals surface area contributed by atoms with Gasteiger partial charge in [0.1, 0.15) is 0 Å². The van der Waals surface area contributed by atoms with Crippen molar-refractivity contribution in [1.82, 2.24) is 4.98 Å². The van der Waals surface area contributed by atoms with E-state index in [1.165, 1.54) is 25.7 Å². The molecule has 2 aliphatic carbocycles. The van der Waals surface area contributed by atoms with Gasteiger partial charge in [0.05, 0.1) is 23.7 Å². The van der Waals surface area contributed by atoms with Gasteiger partial charge in [-0.05, 0) is 87.3 Å². The van der Waals surface area contributed by atoms with E-state index < -0.39 is 23.6 Å². The Labute approximate surface area is 264 Å². The van der Waals surface area contributed by atoms with E-state index in [4.69, 9.17) is 0 Å². The molecule has 7 heteroatoms. The lowest BCUT2D eigenvalue weighted by Gasteiger charge is -2.39. The van der Waals surface area contributed by atoms with Gasteiger partial charge < -0.3 is 30.5 Å². The second kappa shape index (κ2) is 16.8. The summed E-state index contributed by atoms with van der Waals surface area (Å²) in [6, 6.07) is 10.9. The molecule has 2 fully saturated rings. The van der Waals surface area contributed by atoms with Crippen molar-refractivity contribution in [2.45, 2.75) is 146 Å². The van der Waals surface area contributed by atoms with E-state index >= 15 is 0 Å². The monoisotopic (exact) mass is 610 g/mol. The van der Waals surface area contributed by atoms with Gasteiger partial charge in [-0.3, -0.25) is 4.79 Å². The molecular weight excluding hydrogens is 554 g/mol. The summed E-state index contributed by atoms with van der Waals surface area (Å²) in [5.74, 6) is -1.95. The normalized spacial score (nSPS) is 28.4. The third-order valence-corrected chi connectivity index (χ3v) is 10.7. The molecule has 0 saturated heterocycles. The molecule has 0 aliphatic heterocycles. The molecular formula is C37H56NO6-. The van der Waals surface area contributed by atoms with E-state index in [1.54, 1.807) is 18.2 Å². The fraction of sp³-hybridized carbons (Fsp3) is 0.703. The Bertz CT molecular complexity index is 1150. The second-order valence-corrected chi connectivity index (χ2v) is 13.9. The van der Waals surface area contributed by atoms with Gasteiger partial charge in [0.2, 0.25) is 0 Å². The topological polar surface area (TPSA) is 137 Å². The third kappa shape index (κ3) is 9.34. The minimum absolute atomic E-state index is 0.0255. The van der Waals surface area contributed by atoms with Crippen LogP contribution < -0.4 is 5.11 Å². The summed E-state index contributed by atoms with van der Waals surface area (Å²) in [7, 11) is 0. The highest BCUT2D eigenvalue weighted by molar-refractivity contribution is 5.71. The van der Waals surface area contributed by atoms with Crippen molar-refractivity contribution < 1.29 is 30.3 Å². The number of carbonyl (C=O) groups is 1. The van der Waals surface area contributed by atoms with Crippen molar-refractivity contribution in [3.05, 3.63) is 42.1 Å². The number of hydrogen-bond donors (Lipinski definition) is 5. The van der Waals surface area contributed by atoms with E-state index in [1.807, 2.05) is 12.1 Å². The van der Waals surface area contributed by atoms with Gasteiger partial charge in [-0.2, -0.15) is 0 Å². The number of H-pyrrole nitrogens is 1. The molecule has 7 atom stereocenters. The number of aromatic amines is 1. The van der Waals surface area contributed by atoms with Crippen molar-refractivity contribution in [2.24, 2.45) is 17.8 Å². The maximum Gasteiger partial charge on any atom is 0.309 e. The molecule has 246 valence electrons. The molecule has 0 spiro atoms. The number of unbranched alkanes of at least 4 members (excludes halogenated alkanes) is 6. The first-order chi connectivity index (χ1) is 21.2. The summed E-state index contributed by atoms with van der Waals surface area (Å²) in [4.78, 5) is 16.1. The summed E-state index contributed by atoms with van der Waals surface area (Å²) in [5.41, 5.74) is 1.80. The summed E-state index contributed by atoms with van der Waals surface area (Å²) in [5, 5.41) is 55.6. The van der Waals surface area contributed by atoms with Gasteiger partial charge >= 0.3 is 5.97 Å². The molecule has 1 aromatic heterocycles. The molecule has 5 N–H and O–H groups in total. The molecule has 2 aromatic rings. The van der Waals surface area contributed by atoms with Crippen LogP contribution in [0, 0.1) is 17.8 Å². The van der Waals surface area contributed by atoms with Gasteiger partial charge in [-0.1, -0.05) is 89.0 Å². The maximum atomic E-state index is 12.5. The van der Waals surface area contributed by atoms with Crippen molar-refractivity contribution in [1.29, 1.82) is 0 Å². The summed E-state index contributed by atoms with van der Waals surface area (Å²) in [6.45, 7) is 2.20. The number of rotatable bonds is 15. The Balaban J connectivity index is 1.43. The lowest BCUT2D eigenvalue weighted by atomic mass is 9.69. The number of fused-ring (bicyclic) bond motifs is 1. The zero-order valence-corrected chi connectivity index (χ0v) is 26.8. The average Bonchev–Trinajstić information content (AvgIpc) is 3.63. The first-order valence-electron chi connectivity index (χ1n) is 17.5. The molecule has 2 aliphatic rings. The van der Waals surface area contributed by atoms with E-state index in [-0.39, 0.29) is 36.0 Å². The quantitative estimate of drug-likeness (QED) is 0.134. The highest BCUT2D eigenvalue weighted by atomic mass is 16.4. The molecule has 0 amide bonds. The summed E-state index contributed by atoms with van der Waals surface area (Å²) in [6.07, 6.45) is 14.4. The molecule has 7 nitrogen and oxygen atoms in total. The number of hydrogen-bond acceptors (Lipinski definition) is 5. The molecule has 44 heavy (non-hydrogen) atoms. The van der Waals surface area contributed by atoms with Gasteiger partial charge in [0.15, 0.2) is 0 Å². The van der Waals surface area contributed by atoms with E-state index in [0.717, 1.165) is 81.2 Å². The van der Waals surface area contributed by atoms with Crippen LogP contribution >= 0.6 is 0 Å². The predicted octanol–water partition coefficient (Wildman–Crippen LogP) is 7.29. The van der Waals surface area contributed by atoms with E-state index in [0.29, 0.717) is 19.3 Å². The van der Waals surface area contributed by atoms with E-state index in [2.05, 4.69) is 18.0 Å². The fourth-order valence-electron chi connectivity index (χ4n) is 8.25. The Morgan fingerprint density at radius 1 is 0.977 bits per heavy atom. The predicted molar refractivity (Wildman–Crippen MR) is 172 cm³/mol. The second-order valence-electron chi connectivity index (χ2n) is 13.9.